The summed E-state index contributed by atoms with van der Waals surface area (Å²) in [6, 6.07) is -0.672. The summed E-state index contributed by atoms with van der Waals surface area (Å²) in [6.07, 6.45) is 4.38. The van der Waals surface area contributed by atoms with Crippen molar-refractivity contribution in [2.24, 2.45) is 11.3 Å². The molecule has 1 unspecified atom stereocenters. The molecule has 1 aliphatic carbocycles. The maximum atomic E-state index is 12.0. The van der Waals surface area contributed by atoms with Crippen LogP contribution in [-0.2, 0) is 20.7 Å². The molecule has 104 valence electrons. The largest absolute Gasteiger partial charge is 0.467 e. The number of nitrogens with one attached hydrogen (secondary N) is 2. The summed E-state index contributed by atoms with van der Waals surface area (Å²) < 4.78 is 4.73. The fraction of sp³-hybridized carbons (Fsp3) is 0.615. The minimum absolute atomic E-state index is 0.0126. The standard InChI is InChI=1S/C13H19N3O3/c1-13(2)5-9(13)11(17)16-10(12(18)19-3)4-8-6-14-7-15-8/h6-7,9-10H,4-5H2,1-3H3,(H,14,15)(H,16,17)/t9?,10-/m0/s1. The van der Waals surface area contributed by atoms with E-state index in [1.54, 1.807) is 6.20 Å². The average Bonchev–Trinajstić information content (AvgIpc) is 2.79. The molecule has 1 saturated carbocycles. The van der Waals surface area contributed by atoms with E-state index < -0.39 is 12.0 Å². The molecule has 0 radical (unpaired) electrons. The minimum Gasteiger partial charge on any atom is -0.467 e. The zero-order valence-corrected chi connectivity index (χ0v) is 11.4. The summed E-state index contributed by atoms with van der Waals surface area (Å²) >= 11 is 0. The van der Waals surface area contributed by atoms with E-state index in [1.807, 2.05) is 13.8 Å². The van der Waals surface area contributed by atoms with Crippen molar-refractivity contribution in [3.63, 3.8) is 0 Å². The van der Waals surface area contributed by atoms with Crippen molar-refractivity contribution in [3.8, 4) is 0 Å². The van der Waals surface area contributed by atoms with Gasteiger partial charge in [0.2, 0.25) is 5.91 Å². The molecule has 1 fully saturated rings. The Morgan fingerprint density at radius 3 is 2.79 bits per heavy atom. The highest BCUT2D eigenvalue weighted by molar-refractivity contribution is 5.87. The SMILES string of the molecule is COC(=O)[C@H](Cc1cnc[nH]1)NC(=O)C1CC1(C)C. The Labute approximate surface area is 111 Å². The van der Waals surface area contributed by atoms with E-state index in [1.165, 1.54) is 13.4 Å². The van der Waals surface area contributed by atoms with E-state index in [-0.39, 0.29) is 17.2 Å². The lowest BCUT2D eigenvalue weighted by Crippen LogP contribution is -2.44. The Hall–Kier alpha value is -1.85. The molecule has 0 saturated heterocycles. The molecule has 6 nitrogen and oxygen atoms in total. The molecule has 1 aromatic rings. The number of H-pyrrole nitrogens is 1. The number of rotatable bonds is 5. The summed E-state index contributed by atoms with van der Waals surface area (Å²) in [4.78, 5) is 30.5. The Balaban J connectivity index is 1.98. The van der Waals surface area contributed by atoms with Gasteiger partial charge in [0.25, 0.3) is 0 Å². The molecule has 2 rings (SSSR count). The molecule has 1 heterocycles. The quantitative estimate of drug-likeness (QED) is 0.766. The number of hydrogen-bond donors (Lipinski definition) is 2. The zero-order chi connectivity index (χ0) is 14.0. The second-order valence-electron chi connectivity index (χ2n) is 5.61. The van der Waals surface area contributed by atoms with E-state index in [4.69, 9.17) is 4.74 Å². The van der Waals surface area contributed by atoms with Crippen LogP contribution in [0.1, 0.15) is 26.0 Å². The number of amides is 1. The Kier molecular flexibility index (Phi) is 3.59. The first-order valence-corrected chi connectivity index (χ1v) is 6.29. The molecule has 1 amide bonds. The number of nitrogens with zero attached hydrogens (tertiary/aromatic N) is 1. The van der Waals surface area contributed by atoms with Gasteiger partial charge >= 0.3 is 5.97 Å². The van der Waals surface area contributed by atoms with Gasteiger partial charge < -0.3 is 15.0 Å². The number of carbonyl (C=O) groups excluding carboxylic acids is 2. The summed E-state index contributed by atoms with van der Waals surface area (Å²) in [5.74, 6) is -0.539. The number of methoxy groups -OCH3 is 1. The van der Waals surface area contributed by atoms with E-state index in [2.05, 4.69) is 15.3 Å². The van der Waals surface area contributed by atoms with Gasteiger partial charge in [0.05, 0.1) is 13.4 Å². The van der Waals surface area contributed by atoms with Crippen molar-refractivity contribution in [2.45, 2.75) is 32.7 Å². The van der Waals surface area contributed by atoms with Crippen molar-refractivity contribution in [1.29, 1.82) is 0 Å². The first kappa shape index (κ1) is 13.6. The van der Waals surface area contributed by atoms with Crippen molar-refractivity contribution in [1.82, 2.24) is 15.3 Å². The lowest BCUT2D eigenvalue weighted by molar-refractivity contribution is -0.145. The molecule has 2 N–H and O–H groups in total. The van der Waals surface area contributed by atoms with E-state index in [0.29, 0.717) is 6.42 Å². The summed E-state index contributed by atoms with van der Waals surface area (Å²) in [5.41, 5.74) is 0.824. The van der Waals surface area contributed by atoms with E-state index >= 15 is 0 Å². The Bertz CT molecular complexity index is 467. The van der Waals surface area contributed by atoms with Gasteiger partial charge in [-0.25, -0.2) is 9.78 Å². The van der Waals surface area contributed by atoms with Crippen LogP contribution >= 0.6 is 0 Å². The highest BCUT2D eigenvalue weighted by atomic mass is 16.5. The topological polar surface area (TPSA) is 84.1 Å². The second kappa shape index (κ2) is 5.03. The smallest absolute Gasteiger partial charge is 0.328 e. The number of ether oxygens (including phenoxy) is 1. The number of aromatic nitrogens is 2. The van der Waals surface area contributed by atoms with Crippen LogP contribution in [0, 0.1) is 11.3 Å². The molecule has 2 atom stereocenters. The minimum atomic E-state index is -0.672. The van der Waals surface area contributed by atoms with Crippen molar-refractivity contribution >= 4 is 11.9 Å². The van der Waals surface area contributed by atoms with Crippen LogP contribution in [-0.4, -0.2) is 35.0 Å². The number of esters is 1. The first-order valence-electron chi connectivity index (χ1n) is 6.29. The van der Waals surface area contributed by atoms with Crippen LogP contribution in [0.4, 0.5) is 0 Å². The summed E-state index contributed by atoms with van der Waals surface area (Å²) in [5, 5.41) is 2.76. The number of aromatic amines is 1. The fourth-order valence-corrected chi connectivity index (χ4v) is 2.14. The lowest BCUT2D eigenvalue weighted by atomic mass is 10.1. The van der Waals surface area contributed by atoms with Crippen LogP contribution in [0.3, 0.4) is 0 Å². The molecule has 19 heavy (non-hydrogen) atoms. The molecule has 0 aliphatic heterocycles. The van der Waals surface area contributed by atoms with Gasteiger partial charge in [0, 0.05) is 24.2 Å². The van der Waals surface area contributed by atoms with Crippen molar-refractivity contribution in [3.05, 3.63) is 18.2 Å². The highest BCUT2D eigenvalue weighted by Crippen LogP contribution is 2.51. The third kappa shape index (κ3) is 3.13. The van der Waals surface area contributed by atoms with Crippen molar-refractivity contribution in [2.75, 3.05) is 7.11 Å². The van der Waals surface area contributed by atoms with Crippen LogP contribution in [0.5, 0.6) is 0 Å². The van der Waals surface area contributed by atoms with Crippen LogP contribution in [0.15, 0.2) is 12.5 Å². The third-order valence-corrected chi connectivity index (χ3v) is 3.61. The van der Waals surface area contributed by atoms with E-state index in [0.717, 1.165) is 12.1 Å². The van der Waals surface area contributed by atoms with Gasteiger partial charge in [-0.2, -0.15) is 0 Å². The van der Waals surface area contributed by atoms with E-state index in [9.17, 15) is 9.59 Å². The predicted molar refractivity (Wildman–Crippen MR) is 68.1 cm³/mol. The summed E-state index contributed by atoms with van der Waals surface area (Å²) in [6.45, 7) is 4.08. The highest BCUT2D eigenvalue weighted by Gasteiger charge is 2.51. The number of imidazole rings is 1. The van der Waals surface area contributed by atoms with Gasteiger partial charge in [-0.15, -0.1) is 0 Å². The van der Waals surface area contributed by atoms with Gasteiger partial charge in [-0.1, -0.05) is 13.8 Å². The van der Waals surface area contributed by atoms with Crippen LogP contribution in [0.25, 0.3) is 0 Å². The van der Waals surface area contributed by atoms with Gasteiger partial charge in [0.1, 0.15) is 6.04 Å². The van der Waals surface area contributed by atoms with Crippen LogP contribution < -0.4 is 5.32 Å². The average molecular weight is 265 g/mol. The first-order chi connectivity index (χ1) is 8.94. The Morgan fingerprint density at radius 1 is 1.63 bits per heavy atom. The maximum Gasteiger partial charge on any atom is 0.328 e. The lowest BCUT2D eigenvalue weighted by Gasteiger charge is -2.16. The second-order valence-corrected chi connectivity index (χ2v) is 5.61. The fourth-order valence-electron chi connectivity index (χ4n) is 2.14. The zero-order valence-electron chi connectivity index (χ0n) is 11.4. The van der Waals surface area contributed by atoms with Gasteiger partial charge in [-0.05, 0) is 11.8 Å². The normalized spacial score (nSPS) is 21.5. The maximum absolute atomic E-state index is 12.0. The summed E-state index contributed by atoms with van der Waals surface area (Å²) in [7, 11) is 1.31. The molecule has 1 aliphatic rings. The van der Waals surface area contributed by atoms with Crippen molar-refractivity contribution < 1.29 is 14.3 Å². The molecule has 1 aromatic heterocycles. The van der Waals surface area contributed by atoms with Gasteiger partial charge in [-0.3, -0.25) is 4.79 Å². The monoisotopic (exact) mass is 265 g/mol. The number of carbonyl (C=O) groups is 2. The van der Waals surface area contributed by atoms with Gasteiger partial charge in [0.15, 0.2) is 0 Å². The molecule has 0 spiro atoms. The predicted octanol–water partition coefficient (Wildman–Crippen LogP) is 0.656. The molecule has 0 aromatic carbocycles. The molecular formula is C13H19N3O3. The third-order valence-electron chi connectivity index (χ3n) is 3.61. The molecule has 0 bridgehead atoms. The molecule has 6 heteroatoms. The number of hydrogen-bond acceptors (Lipinski definition) is 4. The molecular weight excluding hydrogens is 246 g/mol. The van der Waals surface area contributed by atoms with Crippen LogP contribution in [0.2, 0.25) is 0 Å². The Morgan fingerprint density at radius 2 is 2.32 bits per heavy atom.